The molecule has 3 aliphatic carbocycles. The lowest BCUT2D eigenvalue weighted by molar-refractivity contribution is -0.122. The van der Waals surface area contributed by atoms with Crippen molar-refractivity contribution >= 4 is 29.6 Å². The molecule has 6 nitrogen and oxygen atoms in total. The Balaban J connectivity index is 1.42. The van der Waals surface area contributed by atoms with E-state index in [2.05, 4.69) is 10.5 Å². The number of carbonyl (C=O) groups excluding carboxylic acids is 3. The number of hydrogen-bond donors (Lipinski definition) is 1. The number of rotatable bonds is 4. The summed E-state index contributed by atoms with van der Waals surface area (Å²) in [4.78, 5) is 42.4. The smallest absolute Gasteiger partial charge is 0.271 e. The maximum atomic E-state index is 14.2. The van der Waals surface area contributed by atoms with Gasteiger partial charge >= 0.3 is 0 Å². The number of para-hydroxylation sites is 1. The predicted molar refractivity (Wildman–Crippen MR) is 144 cm³/mol. The molecule has 1 saturated heterocycles. The lowest BCUT2D eigenvalue weighted by Crippen LogP contribution is -2.54. The number of carbonyl (C=O) groups is 3. The first-order chi connectivity index (χ1) is 18.6. The molecular weight excluding hydrogens is 474 g/mol. The molecule has 0 unspecified atom stereocenters. The summed E-state index contributed by atoms with van der Waals surface area (Å²) in [7, 11) is 0. The quantitative estimate of drug-likeness (QED) is 0.253. The summed E-state index contributed by atoms with van der Waals surface area (Å²) in [5.74, 6) is -2.31. The Morgan fingerprint density at radius 3 is 1.92 bits per heavy atom. The summed E-state index contributed by atoms with van der Waals surface area (Å²) in [6.07, 6.45) is 1.68. The van der Waals surface area contributed by atoms with Gasteiger partial charge in [0.25, 0.3) is 5.91 Å². The van der Waals surface area contributed by atoms with Gasteiger partial charge in [0, 0.05) is 17.7 Å². The fourth-order valence-electron chi connectivity index (χ4n) is 6.73. The Kier molecular flexibility index (Phi) is 4.91. The number of amides is 3. The molecule has 38 heavy (non-hydrogen) atoms. The maximum Gasteiger partial charge on any atom is 0.271 e. The number of hydrogen-bond acceptors (Lipinski definition) is 4. The monoisotopic (exact) mass is 497 g/mol. The second-order valence-electron chi connectivity index (χ2n) is 9.94. The van der Waals surface area contributed by atoms with E-state index in [4.69, 9.17) is 0 Å². The third-order valence-electron chi connectivity index (χ3n) is 8.17. The summed E-state index contributed by atoms with van der Waals surface area (Å²) in [6, 6.07) is 33.9. The molecule has 0 spiro atoms. The number of hydrazone groups is 1. The summed E-state index contributed by atoms with van der Waals surface area (Å²) in [6.45, 7) is 0. The van der Waals surface area contributed by atoms with Gasteiger partial charge in [0.1, 0.15) is 0 Å². The lowest BCUT2D eigenvalue weighted by atomic mass is 9.47. The van der Waals surface area contributed by atoms with Crippen molar-refractivity contribution in [2.75, 3.05) is 4.90 Å². The first-order valence-electron chi connectivity index (χ1n) is 12.6. The van der Waals surface area contributed by atoms with E-state index in [9.17, 15) is 14.4 Å². The van der Waals surface area contributed by atoms with Crippen LogP contribution in [0.5, 0.6) is 0 Å². The summed E-state index contributed by atoms with van der Waals surface area (Å²) >= 11 is 0. The minimum absolute atomic E-state index is 0.202. The molecule has 1 N–H and O–H groups in total. The van der Waals surface area contributed by atoms with Gasteiger partial charge < -0.3 is 0 Å². The van der Waals surface area contributed by atoms with Crippen LogP contribution in [0, 0.1) is 11.8 Å². The fraction of sp³-hybridized carbons (Fsp3) is 0.125. The molecule has 1 heterocycles. The fourth-order valence-corrected chi connectivity index (χ4v) is 6.73. The SMILES string of the molecule is O=C(N/N=C/C12c3ccccc3C(c3ccccc31)[C@@H]1C(=O)N(c3ccccc3)C(=O)[C@@H]12)c1ccccc1. The van der Waals surface area contributed by atoms with Gasteiger partial charge in [0.2, 0.25) is 11.8 Å². The zero-order valence-corrected chi connectivity index (χ0v) is 20.3. The van der Waals surface area contributed by atoms with E-state index in [0.29, 0.717) is 11.3 Å². The van der Waals surface area contributed by atoms with Crippen LogP contribution in [0.15, 0.2) is 114 Å². The maximum absolute atomic E-state index is 14.2. The van der Waals surface area contributed by atoms with Gasteiger partial charge in [-0.25, -0.2) is 10.3 Å². The van der Waals surface area contributed by atoms with Crippen LogP contribution in [-0.2, 0) is 15.0 Å². The number of nitrogens with zero attached hydrogens (tertiary/aromatic N) is 2. The Morgan fingerprint density at radius 2 is 1.29 bits per heavy atom. The van der Waals surface area contributed by atoms with Crippen molar-refractivity contribution in [2.24, 2.45) is 16.9 Å². The van der Waals surface area contributed by atoms with Crippen molar-refractivity contribution in [1.82, 2.24) is 5.43 Å². The third kappa shape index (κ3) is 2.94. The van der Waals surface area contributed by atoms with Gasteiger partial charge in [0.15, 0.2) is 0 Å². The molecule has 4 aliphatic rings. The summed E-state index contributed by atoms with van der Waals surface area (Å²) in [5, 5.41) is 4.45. The Morgan fingerprint density at radius 1 is 0.737 bits per heavy atom. The molecule has 4 aromatic carbocycles. The summed E-state index contributed by atoms with van der Waals surface area (Å²) < 4.78 is 0. The van der Waals surface area contributed by atoms with Gasteiger partial charge in [-0.2, -0.15) is 5.10 Å². The number of benzene rings is 4. The largest absolute Gasteiger partial charge is 0.274 e. The molecule has 2 atom stereocenters. The Hall–Kier alpha value is -4.84. The highest BCUT2D eigenvalue weighted by molar-refractivity contribution is 6.25. The first-order valence-corrected chi connectivity index (χ1v) is 12.6. The molecular formula is C32H23N3O3. The minimum Gasteiger partial charge on any atom is -0.274 e. The molecule has 6 heteroatoms. The van der Waals surface area contributed by atoms with E-state index >= 15 is 0 Å². The van der Waals surface area contributed by atoms with Crippen LogP contribution in [-0.4, -0.2) is 23.9 Å². The summed E-state index contributed by atoms with van der Waals surface area (Å²) in [5.41, 5.74) is 6.60. The van der Waals surface area contributed by atoms with Crippen LogP contribution in [0.4, 0.5) is 5.69 Å². The number of imide groups is 1. The topological polar surface area (TPSA) is 78.8 Å². The lowest BCUT2D eigenvalue weighted by Gasteiger charge is -2.52. The second-order valence-corrected chi connectivity index (χ2v) is 9.94. The van der Waals surface area contributed by atoms with E-state index in [1.165, 1.54) is 4.90 Å². The predicted octanol–water partition coefficient (Wildman–Crippen LogP) is 4.65. The van der Waals surface area contributed by atoms with Crippen LogP contribution in [0.25, 0.3) is 0 Å². The Bertz CT molecular complexity index is 1580. The highest BCUT2D eigenvalue weighted by atomic mass is 16.2. The highest BCUT2D eigenvalue weighted by Gasteiger charge is 2.68. The van der Waals surface area contributed by atoms with Crippen molar-refractivity contribution in [3.63, 3.8) is 0 Å². The normalized spacial score (nSPS) is 24.7. The van der Waals surface area contributed by atoms with E-state index in [0.717, 1.165) is 22.3 Å². The molecule has 3 amide bonds. The second kappa shape index (κ2) is 8.35. The third-order valence-corrected chi connectivity index (χ3v) is 8.17. The minimum atomic E-state index is -1.02. The average molecular weight is 498 g/mol. The zero-order valence-electron chi connectivity index (χ0n) is 20.3. The molecule has 1 aliphatic heterocycles. The molecule has 0 radical (unpaired) electrons. The van der Waals surface area contributed by atoms with E-state index in [1.807, 2.05) is 72.8 Å². The molecule has 184 valence electrons. The number of nitrogens with one attached hydrogen (secondary N) is 1. The molecule has 0 saturated carbocycles. The van der Waals surface area contributed by atoms with Gasteiger partial charge in [0.05, 0.1) is 22.9 Å². The molecule has 2 bridgehead atoms. The number of anilines is 1. The van der Waals surface area contributed by atoms with Gasteiger partial charge in [-0.3, -0.25) is 14.4 Å². The van der Waals surface area contributed by atoms with E-state index in [-0.39, 0.29) is 23.6 Å². The Labute approximate surface area is 219 Å². The van der Waals surface area contributed by atoms with E-state index < -0.39 is 17.3 Å². The van der Waals surface area contributed by atoms with Crippen molar-refractivity contribution < 1.29 is 14.4 Å². The first kappa shape index (κ1) is 22.4. The van der Waals surface area contributed by atoms with Crippen molar-refractivity contribution in [3.8, 4) is 0 Å². The van der Waals surface area contributed by atoms with Crippen LogP contribution in [0.1, 0.15) is 38.5 Å². The molecule has 4 aromatic rings. The van der Waals surface area contributed by atoms with Gasteiger partial charge in [-0.1, -0.05) is 84.9 Å². The molecule has 1 fully saturated rings. The van der Waals surface area contributed by atoms with E-state index in [1.54, 1.807) is 42.6 Å². The van der Waals surface area contributed by atoms with Gasteiger partial charge in [-0.05, 0) is 46.5 Å². The zero-order chi connectivity index (χ0) is 25.9. The van der Waals surface area contributed by atoms with Gasteiger partial charge in [-0.15, -0.1) is 0 Å². The van der Waals surface area contributed by atoms with Crippen LogP contribution in [0.3, 0.4) is 0 Å². The van der Waals surface area contributed by atoms with Crippen molar-refractivity contribution in [2.45, 2.75) is 11.3 Å². The van der Waals surface area contributed by atoms with Crippen molar-refractivity contribution in [3.05, 3.63) is 137 Å². The van der Waals surface area contributed by atoms with Crippen molar-refractivity contribution in [1.29, 1.82) is 0 Å². The average Bonchev–Trinajstić information content (AvgIpc) is 3.24. The van der Waals surface area contributed by atoms with Crippen LogP contribution in [0.2, 0.25) is 0 Å². The molecule has 0 aromatic heterocycles. The van der Waals surface area contributed by atoms with Crippen LogP contribution >= 0.6 is 0 Å². The highest BCUT2D eigenvalue weighted by Crippen LogP contribution is 2.63. The standard InChI is InChI=1S/C32H23N3O3/c36-29(20-11-3-1-4-12-20)34-33-19-32-24-17-9-7-15-22(24)26(23-16-8-10-18-25(23)32)27-28(32)31(38)35(30(27)37)21-13-5-2-6-14-21/h1-19,26-28H,(H,34,36)/b33-19+/t26?,27-,28+,32?/m0/s1. The molecule has 8 rings (SSSR count). The van der Waals surface area contributed by atoms with Crippen LogP contribution < -0.4 is 10.3 Å².